The minimum Gasteiger partial charge on any atom is -0.493 e. The Morgan fingerprint density at radius 2 is 1.59 bits per heavy atom. The van der Waals surface area contributed by atoms with E-state index in [2.05, 4.69) is 5.32 Å². The Bertz CT molecular complexity index is 668. The molecule has 0 atom stereocenters. The first-order valence-electron chi connectivity index (χ1n) is 6.78. The predicted molar refractivity (Wildman–Crippen MR) is 85.5 cm³/mol. The Morgan fingerprint density at radius 1 is 0.955 bits per heavy atom. The summed E-state index contributed by atoms with van der Waals surface area (Å²) >= 11 is 0. The van der Waals surface area contributed by atoms with Crippen LogP contribution in [0.4, 0.5) is 5.69 Å². The maximum absolute atomic E-state index is 12.9. The fourth-order valence-corrected chi connectivity index (χ4v) is 2.31. The number of rotatable bonds is 6. The zero-order chi connectivity index (χ0) is 16.1. The summed E-state index contributed by atoms with van der Waals surface area (Å²) in [5, 5.41) is 3.01. The Morgan fingerprint density at radius 3 is 2.09 bits per heavy atom. The van der Waals surface area contributed by atoms with Crippen LogP contribution in [0.15, 0.2) is 36.4 Å². The van der Waals surface area contributed by atoms with E-state index in [0.717, 1.165) is 0 Å². The number of ether oxygens (including phenoxy) is 3. The van der Waals surface area contributed by atoms with E-state index in [1.54, 1.807) is 25.2 Å². The van der Waals surface area contributed by atoms with Crippen molar-refractivity contribution in [2.24, 2.45) is 0 Å². The lowest BCUT2D eigenvalue weighted by Crippen LogP contribution is -2.10. The molecule has 0 bridgehead atoms. The number of anilines is 1. The average Bonchev–Trinajstić information content (AvgIpc) is 2.59. The fourth-order valence-electron chi connectivity index (χ4n) is 2.31. The van der Waals surface area contributed by atoms with Crippen LogP contribution in [0, 0.1) is 0 Å². The highest BCUT2D eigenvalue weighted by atomic mass is 16.5. The summed E-state index contributed by atoms with van der Waals surface area (Å²) in [6, 6.07) is 10.7. The lowest BCUT2D eigenvalue weighted by atomic mass is 9.99. The molecule has 0 spiro atoms. The van der Waals surface area contributed by atoms with Crippen LogP contribution in [0.1, 0.15) is 15.9 Å². The molecule has 0 saturated carbocycles. The SMILES string of the molecule is CNc1cc(OC)c(OC)c(OC)c1C(=O)c1ccccc1. The molecule has 0 heterocycles. The monoisotopic (exact) mass is 301 g/mol. The van der Waals surface area contributed by atoms with Gasteiger partial charge >= 0.3 is 0 Å². The second kappa shape index (κ2) is 6.85. The van der Waals surface area contributed by atoms with Crippen LogP contribution < -0.4 is 19.5 Å². The van der Waals surface area contributed by atoms with E-state index in [9.17, 15) is 4.79 Å². The topological polar surface area (TPSA) is 56.8 Å². The fraction of sp³-hybridized carbons (Fsp3) is 0.235. The van der Waals surface area contributed by atoms with Crippen molar-refractivity contribution in [1.82, 2.24) is 0 Å². The largest absolute Gasteiger partial charge is 0.493 e. The van der Waals surface area contributed by atoms with Crippen molar-refractivity contribution < 1.29 is 19.0 Å². The second-order valence-corrected chi connectivity index (χ2v) is 4.51. The van der Waals surface area contributed by atoms with Gasteiger partial charge in [0.25, 0.3) is 0 Å². The van der Waals surface area contributed by atoms with Crippen molar-refractivity contribution in [3.8, 4) is 17.2 Å². The Hall–Kier alpha value is -2.69. The average molecular weight is 301 g/mol. The van der Waals surface area contributed by atoms with E-state index in [4.69, 9.17) is 14.2 Å². The Balaban J connectivity index is 2.70. The first kappa shape index (κ1) is 15.7. The minimum absolute atomic E-state index is 0.150. The number of hydrogen-bond donors (Lipinski definition) is 1. The minimum atomic E-state index is -0.150. The molecule has 2 aromatic rings. The molecule has 0 aliphatic rings. The molecule has 0 radical (unpaired) electrons. The molecule has 0 unspecified atom stereocenters. The first-order valence-corrected chi connectivity index (χ1v) is 6.78. The van der Waals surface area contributed by atoms with Gasteiger partial charge in [0, 0.05) is 18.7 Å². The predicted octanol–water partition coefficient (Wildman–Crippen LogP) is 2.99. The maximum Gasteiger partial charge on any atom is 0.204 e. The zero-order valence-corrected chi connectivity index (χ0v) is 13.1. The molecule has 0 fully saturated rings. The highest BCUT2D eigenvalue weighted by Crippen LogP contribution is 2.44. The molecule has 0 aliphatic heterocycles. The molecule has 0 aromatic heterocycles. The lowest BCUT2D eigenvalue weighted by Gasteiger charge is -2.18. The van der Waals surface area contributed by atoms with Crippen molar-refractivity contribution >= 4 is 11.5 Å². The molecule has 5 heteroatoms. The van der Waals surface area contributed by atoms with Crippen molar-refractivity contribution in [1.29, 1.82) is 0 Å². The number of methoxy groups -OCH3 is 3. The third kappa shape index (κ3) is 2.70. The third-order valence-corrected chi connectivity index (χ3v) is 3.36. The van der Waals surface area contributed by atoms with Crippen molar-refractivity contribution in [3.63, 3.8) is 0 Å². The normalized spacial score (nSPS) is 10.0. The quantitative estimate of drug-likeness (QED) is 0.831. The van der Waals surface area contributed by atoms with Crippen LogP contribution in [0.3, 0.4) is 0 Å². The lowest BCUT2D eigenvalue weighted by molar-refractivity contribution is 0.103. The maximum atomic E-state index is 12.9. The van der Waals surface area contributed by atoms with E-state index in [1.165, 1.54) is 21.3 Å². The molecular weight excluding hydrogens is 282 g/mol. The van der Waals surface area contributed by atoms with Crippen LogP contribution >= 0.6 is 0 Å². The summed E-state index contributed by atoms with van der Waals surface area (Å²) in [5.41, 5.74) is 1.60. The van der Waals surface area contributed by atoms with E-state index in [0.29, 0.717) is 34.1 Å². The molecule has 0 saturated heterocycles. The van der Waals surface area contributed by atoms with Gasteiger partial charge in [-0.05, 0) is 0 Å². The Labute approximate surface area is 129 Å². The summed E-state index contributed by atoms with van der Waals surface area (Å²) in [6.07, 6.45) is 0. The summed E-state index contributed by atoms with van der Waals surface area (Å²) in [7, 11) is 6.28. The van der Waals surface area contributed by atoms with Gasteiger partial charge in [-0.25, -0.2) is 0 Å². The molecule has 22 heavy (non-hydrogen) atoms. The number of carbonyl (C=O) groups excluding carboxylic acids is 1. The van der Waals surface area contributed by atoms with Crippen LogP contribution in [-0.4, -0.2) is 34.2 Å². The molecule has 1 N–H and O–H groups in total. The highest BCUT2D eigenvalue weighted by molar-refractivity contribution is 6.15. The molecule has 2 rings (SSSR count). The number of nitrogens with one attached hydrogen (secondary N) is 1. The molecule has 116 valence electrons. The van der Waals surface area contributed by atoms with Gasteiger partial charge < -0.3 is 19.5 Å². The van der Waals surface area contributed by atoms with E-state index >= 15 is 0 Å². The van der Waals surface area contributed by atoms with Crippen molar-refractivity contribution in [2.45, 2.75) is 0 Å². The summed E-state index contributed by atoms with van der Waals surface area (Å²) < 4.78 is 16.1. The number of hydrogen-bond acceptors (Lipinski definition) is 5. The van der Waals surface area contributed by atoms with E-state index < -0.39 is 0 Å². The van der Waals surface area contributed by atoms with Gasteiger partial charge in [0.1, 0.15) is 0 Å². The second-order valence-electron chi connectivity index (χ2n) is 4.51. The third-order valence-electron chi connectivity index (χ3n) is 3.36. The molecule has 0 amide bonds. The standard InChI is InChI=1S/C17H19NO4/c1-18-12-10-13(20-2)16(21-3)17(22-4)14(12)15(19)11-8-6-5-7-9-11/h5-10,18H,1-4H3. The van der Waals surface area contributed by atoms with Crippen LogP contribution in [0.25, 0.3) is 0 Å². The van der Waals surface area contributed by atoms with Gasteiger partial charge in [-0.3, -0.25) is 4.79 Å². The summed E-state index contributed by atoms with van der Waals surface area (Å²) in [4.78, 5) is 12.9. The van der Waals surface area contributed by atoms with Crippen LogP contribution in [0.5, 0.6) is 17.2 Å². The molecule has 5 nitrogen and oxygen atoms in total. The van der Waals surface area contributed by atoms with Crippen molar-refractivity contribution in [3.05, 3.63) is 47.5 Å². The number of ketones is 1. The first-order chi connectivity index (χ1) is 10.7. The van der Waals surface area contributed by atoms with Gasteiger partial charge in [-0.2, -0.15) is 0 Å². The van der Waals surface area contributed by atoms with Crippen LogP contribution in [0.2, 0.25) is 0 Å². The van der Waals surface area contributed by atoms with Gasteiger partial charge in [0.2, 0.25) is 5.75 Å². The van der Waals surface area contributed by atoms with Crippen LogP contribution in [-0.2, 0) is 0 Å². The van der Waals surface area contributed by atoms with Gasteiger partial charge in [-0.1, -0.05) is 30.3 Å². The van der Waals surface area contributed by atoms with Crippen molar-refractivity contribution in [2.75, 3.05) is 33.7 Å². The summed E-state index contributed by atoms with van der Waals surface area (Å²) in [6.45, 7) is 0. The summed E-state index contributed by atoms with van der Waals surface area (Å²) in [5.74, 6) is 1.08. The Kier molecular flexibility index (Phi) is 4.88. The molecular formula is C17H19NO4. The zero-order valence-electron chi connectivity index (χ0n) is 13.1. The smallest absolute Gasteiger partial charge is 0.204 e. The van der Waals surface area contributed by atoms with Gasteiger partial charge in [0.05, 0.1) is 32.6 Å². The highest BCUT2D eigenvalue weighted by Gasteiger charge is 2.25. The van der Waals surface area contributed by atoms with Gasteiger partial charge in [-0.15, -0.1) is 0 Å². The van der Waals surface area contributed by atoms with Gasteiger partial charge in [0.15, 0.2) is 17.3 Å². The van der Waals surface area contributed by atoms with E-state index in [1.807, 2.05) is 18.2 Å². The molecule has 2 aromatic carbocycles. The van der Waals surface area contributed by atoms with E-state index in [-0.39, 0.29) is 5.78 Å². The molecule has 0 aliphatic carbocycles. The number of carbonyl (C=O) groups is 1. The number of benzene rings is 2.